The Morgan fingerprint density at radius 2 is 2.36 bits per heavy atom. The zero-order valence-electron chi connectivity index (χ0n) is 8.54. The summed E-state index contributed by atoms with van der Waals surface area (Å²) >= 11 is 0. The fourth-order valence-electron chi connectivity index (χ4n) is 1.18. The van der Waals surface area contributed by atoms with Gasteiger partial charge in [-0.15, -0.1) is 0 Å². The van der Waals surface area contributed by atoms with E-state index in [9.17, 15) is 9.59 Å². The standard InChI is InChI=1S/C8H16N4O2/c1-11(2)7(13)9-3-5-12-6-4-10-8(12)14/h3-6H2,1-2H3,(H,9,13)(H,10,14). The molecule has 0 spiro atoms. The lowest BCUT2D eigenvalue weighted by molar-refractivity contribution is 0.209. The maximum Gasteiger partial charge on any atom is 0.317 e. The monoisotopic (exact) mass is 200 g/mol. The lowest BCUT2D eigenvalue weighted by atomic mass is 10.5. The lowest BCUT2D eigenvalue weighted by Crippen LogP contribution is -2.40. The number of carbonyl (C=O) groups is 2. The number of hydrogen-bond donors (Lipinski definition) is 2. The zero-order valence-corrected chi connectivity index (χ0v) is 8.54. The number of amides is 4. The molecular formula is C8H16N4O2. The molecule has 0 aromatic heterocycles. The summed E-state index contributed by atoms with van der Waals surface area (Å²) in [5.74, 6) is 0. The molecule has 1 rings (SSSR count). The maximum atomic E-state index is 11.1. The predicted molar refractivity (Wildman–Crippen MR) is 52.1 cm³/mol. The van der Waals surface area contributed by atoms with Crippen LogP contribution in [0.5, 0.6) is 0 Å². The first kappa shape index (κ1) is 10.6. The molecule has 0 radical (unpaired) electrons. The minimum atomic E-state index is -0.135. The van der Waals surface area contributed by atoms with Crippen molar-refractivity contribution >= 4 is 12.1 Å². The molecule has 0 bridgehead atoms. The topological polar surface area (TPSA) is 64.7 Å². The van der Waals surface area contributed by atoms with E-state index in [0.29, 0.717) is 19.6 Å². The van der Waals surface area contributed by atoms with E-state index in [1.807, 2.05) is 0 Å². The average molecular weight is 200 g/mol. The van der Waals surface area contributed by atoms with E-state index in [0.717, 1.165) is 6.54 Å². The molecule has 80 valence electrons. The first-order valence-electron chi connectivity index (χ1n) is 4.59. The first-order valence-corrected chi connectivity index (χ1v) is 4.59. The Kier molecular flexibility index (Phi) is 3.55. The SMILES string of the molecule is CN(C)C(=O)NCCN1CCNC1=O. The minimum absolute atomic E-state index is 0.0518. The summed E-state index contributed by atoms with van der Waals surface area (Å²) in [6.45, 7) is 2.47. The van der Waals surface area contributed by atoms with Gasteiger partial charge in [0.1, 0.15) is 0 Å². The third-order valence-electron chi connectivity index (χ3n) is 2.01. The first-order chi connectivity index (χ1) is 6.61. The fraction of sp³-hybridized carbons (Fsp3) is 0.750. The summed E-state index contributed by atoms with van der Waals surface area (Å²) in [6.07, 6.45) is 0. The summed E-state index contributed by atoms with van der Waals surface area (Å²) < 4.78 is 0. The van der Waals surface area contributed by atoms with Crippen LogP contribution in [-0.2, 0) is 0 Å². The highest BCUT2D eigenvalue weighted by Crippen LogP contribution is 1.94. The zero-order chi connectivity index (χ0) is 10.6. The summed E-state index contributed by atoms with van der Waals surface area (Å²) in [5, 5.41) is 5.39. The number of nitrogens with zero attached hydrogens (tertiary/aromatic N) is 2. The van der Waals surface area contributed by atoms with Crippen LogP contribution in [0.15, 0.2) is 0 Å². The van der Waals surface area contributed by atoms with Crippen molar-refractivity contribution in [1.82, 2.24) is 20.4 Å². The third kappa shape index (κ3) is 2.79. The molecule has 2 N–H and O–H groups in total. The molecule has 1 saturated heterocycles. The van der Waals surface area contributed by atoms with Crippen LogP contribution >= 0.6 is 0 Å². The van der Waals surface area contributed by atoms with E-state index in [1.54, 1.807) is 19.0 Å². The molecule has 4 amide bonds. The van der Waals surface area contributed by atoms with Gasteiger partial charge < -0.3 is 20.4 Å². The molecule has 0 aromatic rings. The Hall–Kier alpha value is -1.46. The Morgan fingerprint density at radius 1 is 1.64 bits per heavy atom. The van der Waals surface area contributed by atoms with E-state index in [-0.39, 0.29) is 12.1 Å². The maximum absolute atomic E-state index is 11.1. The highest BCUT2D eigenvalue weighted by Gasteiger charge is 2.18. The van der Waals surface area contributed by atoms with Crippen LogP contribution in [0.2, 0.25) is 0 Å². The second kappa shape index (κ2) is 4.69. The Balaban J connectivity index is 2.15. The molecule has 1 heterocycles. The van der Waals surface area contributed by atoms with E-state index >= 15 is 0 Å². The van der Waals surface area contributed by atoms with Crippen molar-refractivity contribution in [1.29, 1.82) is 0 Å². The second-order valence-electron chi connectivity index (χ2n) is 3.35. The molecule has 0 unspecified atom stereocenters. The minimum Gasteiger partial charge on any atom is -0.336 e. The van der Waals surface area contributed by atoms with Gasteiger partial charge >= 0.3 is 12.1 Å². The van der Waals surface area contributed by atoms with Crippen LogP contribution in [0.4, 0.5) is 9.59 Å². The number of nitrogens with one attached hydrogen (secondary N) is 2. The quantitative estimate of drug-likeness (QED) is 0.631. The van der Waals surface area contributed by atoms with Gasteiger partial charge in [-0.2, -0.15) is 0 Å². The van der Waals surface area contributed by atoms with Gasteiger partial charge in [-0.1, -0.05) is 0 Å². The molecule has 0 aromatic carbocycles. The van der Waals surface area contributed by atoms with Gasteiger partial charge in [-0.25, -0.2) is 9.59 Å². The molecule has 6 nitrogen and oxygen atoms in total. The Morgan fingerprint density at radius 3 is 2.86 bits per heavy atom. The van der Waals surface area contributed by atoms with Gasteiger partial charge in [-0.3, -0.25) is 0 Å². The molecule has 1 aliphatic heterocycles. The number of carbonyl (C=O) groups excluding carboxylic acids is 2. The second-order valence-corrected chi connectivity index (χ2v) is 3.35. The Bertz CT molecular complexity index is 229. The van der Waals surface area contributed by atoms with Crippen molar-refractivity contribution in [3.05, 3.63) is 0 Å². The van der Waals surface area contributed by atoms with Gasteiger partial charge in [0.25, 0.3) is 0 Å². The van der Waals surface area contributed by atoms with Crippen molar-refractivity contribution in [3.8, 4) is 0 Å². The molecule has 1 aliphatic rings. The lowest BCUT2D eigenvalue weighted by Gasteiger charge is -2.16. The number of urea groups is 2. The normalized spacial score (nSPS) is 15.3. The van der Waals surface area contributed by atoms with Crippen LogP contribution in [0, 0.1) is 0 Å². The van der Waals surface area contributed by atoms with E-state index in [2.05, 4.69) is 10.6 Å². The predicted octanol–water partition coefficient (Wildman–Crippen LogP) is -0.717. The van der Waals surface area contributed by atoms with Crippen LogP contribution in [0.3, 0.4) is 0 Å². The summed E-state index contributed by atoms with van der Waals surface area (Å²) in [4.78, 5) is 25.3. The van der Waals surface area contributed by atoms with Crippen molar-refractivity contribution in [2.75, 3.05) is 40.3 Å². The van der Waals surface area contributed by atoms with Crippen LogP contribution in [-0.4, -0.2) is 62.1 Å². The van der Waals surface area contributed by atoms with Crippen molar-refractivity contribution in [2.24, 2.45) is 0 Å². The number of hydrogen-bond acceptors (Lipinski definition) is 2. The summed E-state index contributed by atoms with van der Waals surface area (Å²) in [5.41, 5.74) is 0. The number of rotatable bonds is 3. The highest BCUT2D eigenvalue weighted by molar-refractivity contribution is 5.76. The smallest absolute Gasteiger partial charge is 0.317 e. The van der Waals surface area contributed by atoms with Crippen molar-refractivity contribution < 1.29 is 9.59 Å². The van der Waals surface area contributed by atoms with Crippen LogP contribution < -0.4 is 10.6 Å². The van der Waals surface area contributed by atoms with E-state index in [4.69, 9.17) is 0 Å². The Labute approximate surface area is 83.2 Å². The summed E-state index contributed by atoms with van der Waals surface area (Å²) in [7, 11) is 3.36. The van der Waals surface area contributed by atoms with Gasteiger partial charge in [0.15, 0.2) is 0 Å². The van der Waals surface area contributed by atoms with Gasteiger partial charge in [0.05, 0.1) is 0 Å². The molecule has 0 atom stereocenters. The van der Waals surface area contributed by atoms with E-state index < -0.39 is 0 Å². The molecule has 14 heavy (non-hydrogen) atoms. The van der Waals surface area contributed by atoms with Gasteiger partial charge in [0.2, 0.25) is 0 Å². The molecule has 0 saturated carbocycles. The molecule has 6 heteroatoms. The van der Waals surface area contributed by atoms with E-state index in [1.165, 1.54) is 4.90 Å². The molecule has 1 fully saturated rings. The van der Waals surface area contributed by atoms with Crippen LogP contribution in [0.25, 0.3) is 0 Å². The van der Waals surface area contributed by atoms with Crippen molar-refractivity contribution in [2.45, 2.75) is 0 Å². The molecular weight excluding hydrogens is 184 g/mol. The largest absolute Gasteiger partial charge is 0.336 e. The van der Waals surface area contributed by atoms with Crippen LogP contribution in [0.1, 0.15) is 0 Å². The third-order valence-corrected chi connectivity index (χ3v) is 2.01. The summed E-state index contributed by atoms with van der Waals surface area (Å²) in [6, 6.07) is -0.186. The molecule has 0 aliphatic carbocycles. The van der Waals surface area contributed by atoms with Gasteiger partial charge in [-0.05, 0) is 0 Å². The van der Waals surface area contributed by atoms with Gasteiger partial charge in [0, 0.05) is 40.3 Å². The van der Waals surface area contributed by atoms with Crippen molar-refractivity contribution in [3.63, 3.8) is 0 Å². The average Bonchev–Trinajstić information content (AvgIpc) is 2.51. The fourth-order valence-corrected chi connectivity index (χ4v) is 1.18. The highest BCUT2D eigenvalue weighted by atomic mass is 16.2.